The molecular formula is C20H17ClN2O3S2. The van der Waals surface area contributed by atoms with Crippen molar-refractivity contribution in [1.82, 2.24) is 4.57 Å². The maximum Gasteiger partial charge on any atom is 0.279 e. The highest BCUT2D eigenvalue weighted by atomic mass is 35.5. The van der Waals surface area contributed by atoms with Crippen LogP contribution in [-0.2, 0) is 16.4 Å². The zero-order valence-corrected chi connectivity index (χ0v) is 17.6. The van der Waals surface area contributed by atoms with E-state index >= 15 is 0 Å². The van der Waals surface area contributed by atoms with E-state index in [-0.39, 0.29) is 11.4 Å². The first-order chi connectivity index (χ1) is 13.2. The number of hydrogen-bond donors (Lipinski definition) is 0. The van der Waals surface area contributed by atoms with Crippen LogP contribution in [0.1, 0.15) is 24.2 Å². The van der Waals surface area contributed by atoms with Crippen molar-refractivity contribution < 1.29 is 13.2 Å². The van der Waals surface area contributed by atoms with Gasteiger partial charge in [-0.1, -0.05) is 28.9 Å². The normalized spacial score (nSPS) is 12.5. The number of aromatic nitrogens is 1. The standard InChI is InChI=1S/C20H17ClN2O3S2/c1-4-11-23-17-10-7-15(21)12-18(17)27-20(23)22-19(24)14-5-8-16(9-6-14)28(25,26)13(2)3/h1,5-10,12-13H,11H2,2-3H3. The van der Waals surface area contributed by atoms with Crippen LogP contribution in [0.25, 0.3) is 10.2 Å². The van der Waals surface area contributed by atoms with Crippen LogP contribution in [0.3, 0.4) is 0 Å². The van der Waals surface area contributed by atoms with E-state index < -0.39 is 21.0 Å². The highest BCUT2D eigenvalue weighted by molar-refractivity contribution is 7.92. The molecule has 0 fully saturated rings. The predicted molar refractivity (Wildman–Crippen MR) is 112 cm³/mol. The van der Waals surface area contributed by atoms with Crippen LogP contribution in [0.4, 0.5) is 0 Å². The van der Waals surface area contributed by atoms with Gasteiger partial charge in [-0.2, -0.15) is 4.99 Å². The van der Waals surface area contributed by atoms with Crippen molar-refractivity contribution in [2.45, 2.75) is 30.5 Å². The number of carbonyl (C=O) groups is 1. The first-order valence-electron chi connectivity index (χ1n) is 8.39. The molecule has 5 nitrogen and oxygen atoms in total. The van der Waals surface area contributed by atoms with Gasteiger partial charge in [0.15, 0.2) is 14.6 Å². The zero-order valence-electron chi connectivity index (χ0n) is 15.2. The Bertz CT molecular complexity index is 1260. The van der Waals surface area contributed by atoms with Crippen molar-refractivity contribution >= 4 is 48.9 Å². The largest absolute Gasteiger partial charge is 0.305 e. The van der Waals surface area contributed by atoms with Crippen molar-refractivity contribution in [3.05, 3.63) is 57.9 Å². The average Bonchev–Trinajstić information content (AvgIpc) is 2.98. The Labute approximate surface area is 172 Å². The third-order valence-corrected chi connectivity index (χ3v) is 7.59. The molecule has 0 aliphatic heterocycles. The summed E-state index contributed by atoms with van der Waals surface area (Å²) in [5.74, 6) is 2.09. The molecule has 0 radical (unpaired) electrons. The third kappa shape index (κ3) is 3.90. The van der Waals surface area contributed by atoms with Crippen molar-refractivity contribution in [1.29, 1.82) is 0 Å². The van der Waals surface area contributed by atoms with Crippen LogP contribution in [0, 0.1) is 12.3 Å². The monoisotopic (exact) mass is 432 g/mol. The van der Waals surface area contributed by atoms with Crippen molar-refractivity contribution in [2.24, 2.45) is 4.99 Å². The molecule has 0 N–H and O–H groups in total. The molecule has 0 saturated heterocycles. The SMILES string of the molecule is C#CCn1c(=NC(=O)c2ccc(S(=O)(=O)C(C)C)cc2)sc2cc(Cl)ccc21. The molecule has 0 aliphatic rings. The minimum Gasteiger partial charge on any atom is -0.305 e. The number of fused-ring (bicyclic) bond motifs is 1. The van der Waals surface area contributed by atoms with Gasteiger partial charge in [-0.3, -0.25) is 4.79 Å². The lowest BCUT2D eigenvalue weighted by Crippen LogP contribution is -2.17. The van der Waals surface area contributed by atoms with Gasteiger partial charge in [-0.15, -0.1) is 6.42 Å². The second kappa shape index (κ2) is 7.92. The second-order valence-electron chi connectivity index (χ2n) is 6.32. The minimum atomic E-state index is -3.39. The molecule has 3 aromatic rings. The van der Waals surface area contributed by atoms with Crippen LogP contribution in [0.15, 0.2) is 52.4 Å². The van der Waals surface area contributed by atoms with Crippen LogP contribution in [0.5, 0.6) is 0 Å². The van der Waals surface area contributed by atoms with Crippen molar-refractivity contribution in [3.8, 4) is 12.3 Å². The molecule has 28 heavy (non-hydrogen) atoms. The van der Waals surface area contributed by atoms with Crippen LogP contribution in [-0.4, -0.2) is 24.1 Å². The fraction of sp³-hybridized carbons (Fsp3) is 0.200. The number of thiazole rings is 1. The quantitative estimate of drug-likeness (QED) is 0.587. The second-order valence-corrected chi connectivity index (χ2v) is 10.3. The minimum absolute atomic E-state index is 0.179. The maximum atomic E-state index is 12.6. The molecule has 2 aromatic carbocycles. The van der Waals surface area contributed by atoms with E-state index in [9.17, 15) is 13.2 Å². The molecule has 0 bridgehead atoms. The summed E-state index contributed by atoms with van der Waals surface area (Å²) in [6.07, 6.45) is 5.46. The fourth-order valence-corrected chi connectivity index (χ4v) is 4.95. The van der Waals surface area contributed by atoms with E-state index in [0.717, 1.165) is 10.2 Å². The number of terminal acetylenes is 1. The summed E-state index contributed by atoms with van der Waals surface area (Å²) in [7, 11) is -3.39. The molecule has 8 heteroatoms. The molecule has 0 aliphatic carbocycles. The van der Waals surface area contributed by atoms with Gasteiger partial charge in [0.2, 0.25) is 0 Å². The third-order valence-electron chi connectivity index (χ3n) is 4.14. The van der Waals surface area contributed by atoms with Gasteiger partial charge in [0.1, 0.15) is 0 Å². The Hall–Kier alpha value is -2.40. The summed E-state index contributed by atoms with van der Waals surface area (Å²) in [4.78, 5) is 17.4. The number of halogens is 1. The lowest BCUT2D eigenvalue weighted by Gasteiger charge is -2.07. The van der Waals surface area contributed by atoms with Crippen LogP contribution in [0.2, 0.25) is 5.02 Å². The van der Waals surface area contributed by atoms with Crippen molar-refractivity contribution in [3.63, 3.8) is 0 Å². The molecule has 1 aromatic heterocycles. The number of benzene rings is 2. The first kappa shape index (κ1) is 20.3. The van der Waals surface area contributed by atoms with Gasteiger partial charge in [0.05, 0.1) is 26.9 Å². The number of amides is 1. The molecule has 0 spiro atoms. The summed E-state index contributed by atoms with van der Waals surface area (Å²) in [5.41, 5.74) is 1.14. The van der Waals surface area contributed by atoms with Gasteiger partial charge in [-0.25, -0.2) is 8.42 Å². The Morgan fingerprint density at radius 2 is 1.93 bits per heavy atom. The number of rotatable bonds is 4. The van der Waals surface area contributed by atoms with Gasteiger partial charge >= 0.3 is 0 Å². The Morgan fingerprint density at radius 1 is 1.25 bits per heavy atom. The van der Waals surface area contributed by atoms with E-state index in [2.05, 4.69) is 10.9 Å². The molecule has 3 rings (SSSR count). The van der Waals surface area contributed by atoms with Gasteiger partial charge in [0, 0.05) is 10.6 Å². The fourth-order valence-electron chi connectivity index (χ4n) is 2.59. The van der Waals surface area contributed by atoms with Gasteiger partial charge < -0.3 is 4.57 Å². The summed E-state index contributed by atoms with van der Waals surface area (Å²) in [6, 6.07) is 11.2. The number of nitrogens with zero attached hydrogens (tertiary/aromatic N) is 2. The molecule has 1 heterocycles. The zero-order chi connectivity index (χ0) is 20.5. The highest BCUT2D eigenvalue weighted by Crippen LogP contribution is 2.22. The Balaban J connectivity index is 2.03. The van der Waals surface area contributed by atoms with E-state index in [0.29, 0.717) is 15.4 Å². The van der Waals surface area contributed by atoms with Gasteiger partial charge in [-0.05, 0) is 56.3 Å². The molecule has 0 atom stereocenters. The predicted octanol–water partition coefficient (Wildman–Crippen LogP) is 3.91. The van der Waals surface area contributed by atoms with Crippen molar-refractivity contribution in [2.75, 3.05) is 0 Å². The Kier molecular flexibility index (Phi) is 5.75. The van der Waals surface area contributed by atoms with E-state index in [1.807, 2.05) is 6.07 Å². The topological polar surface area (TPSA) is 68.5 Å². The smallest absolute Gasteiger partial charge is 0.279 e. The summed E-state index contributed by atoms with van der Waals surface area (Å²) >= 11 is 7.36. The Morgan fingerprint density at radius 3 is 2.54 bits per heavy atom. The lowest BCUT2D eigenvalue weighted by atomic mass is 10.2. The number of carbonyl (C=O) groups excluding carboxylic acids is 1. The van der Waals surface area contributed by atoms with E-state index in [4.69, 9.17) is 18.0 Å². The number of hydrogen-bond acceptors (Lipinski definition) is 4. The van der Waals surface area contributed by atoms with Crippen LogP contribution < -0.4 is 4.80 Å². The molecule has 1 amide bonds. The summed E-state index contributed by atoms with van der Waals surface area (Å²) < 4.78 is 27.1. The lowest BCUT2D eigenvalue weighted by molar-refractivity contribution is 0.0998. The van der Waals surface area contributed by atoms with E-state index in [1.165, 1.54) is 35.6 Å². The van der Waals surface area contributed by atoms with Gasteiger partial charge in [0.25, 0.3) is 5.91 Å². The summed E-state index contributed by atoms with van der Waals surface area (Å²) in [6.45, 7) is 3.49. The molecule has 0 unspecified atom stereocenters. The summed E-state index contributed by atoms with van der Waals surface area (Å²) in [5, 5.41) is 0.0493. The number of sulfone groups is 1. The first-order valence-corrected chi connectivity index (χ1v) is 11.1. The highest BCUT2D eigenvalue weighted by Gasteiger charge is 2.19. The maximum absolute atomic E-state index is 12.6. The molecule has 144 valence electrons. The molecular weight excluding hydrogens is 416 g/mol. The average molecular weight is 433 g/mol. The van der Waals surface area contributed by atoms with E-state index in [1.54, 1.807) is 30.5 Å². The van der Waals surface area contributed by atoms with Crippen LogP contribution >= 0.6 is 22.9 Å². The molecule has 0 saturated carbocycles.